The molecule has 2 heterocycles. The molecular formula is C17H14ClNO3. The number of fused-ring (bicyclic) bond motifs is 5. The van der Waals surface area contributed by atoms with Crippen LogP contribution in [0.2, 0.25) is 0 Å². The maximum atomic E-state index is 12.3. The first-order valence-corrected chi connectivity index (χ1v) is 7.50. The lowest BCUT2D eigenvalue weighted by molar-refractivity contribution is -0.150. The number of benzene rings is 2. The van der Waals surface area contributed by atoms with Gasteiger partial charge in [-0.15, -0.1) is 0 Å². The highest BCUT2D eigenvalue weighted by Crippen LogP contribution is 2.51. The fourth-order valence-corrected chi connectivity index (χ4v) is 4.23. The summed E-state index contributed by atoms with van der Waals surface area (Å²) in [6.45, 7) is 3.78. The van der Waals surface area contributed by atoms with Gasteiger partial charge in [0.05, 0.1) is 0 Å². The van der Waals surface area contributed by atoms with Crippen LogP contribution in [0.25, 0.3) is 10.8 Å². The van der Waals surface area contributed by atoms with Crippen LogP contribution in [-0.4, -0.2) is 22.3 Å². The number of amides is 1. The first kappa shape index (κ1) is 13.6. The molecule has 112 valence electrons. The van der Waals surface area contributed by atoms with Gasteiger partial charge in [-0.25, -0.2) is 4.79 Å². The van der Waals surface area contributed by atoms with E-state index in [1.165, 1.54) is 4.90 Å². The number of hydrogen-bond donors (Lipinski definition) is 0. The molecule has 4 nitrogen and oxygen atoms in total. The van der Waals surface area contributed by atoms with E-state index >= 15 is 0 Å². The molecule has 0 saturated carbocycles. The van der Waals surface area contributed by atoms with Crippen LogP contribution in [0.3, 0.4) is 0 Å². The predicted octanol–water partition coefficient (Wildman–Crippen LogP) is 2.91. The van der Waals surface area contributed by atoms with Gasteiger partial charge in [0.15, 0.2) is 0 Å². The quantitative estimate of drug-likeness (QED) is 0.325. The molecule has 2 aromatic carbocycles. The van der Waals surface area contributed by atoms with Crippen molar-refractivity contribution >= 4 is 34.2 Å². The fourth-order valence-electron chi connectivity index (χ4n) is 3.63. The van der Waals surface area contributed by atoms with Crippen molar-refractivity contribution in [1.29, 1.82) is 0 Å². The molecule has 1 saturated heterocycles. The molecule has 1 atom stereocenters. The number of esters is 1. The van der Waals surface area contributed by atoms with Gasteiger partial charge >= 0.3 is 11.9 Å². The minimum atomic E-state index is -1.56. The van der Waals surface area contributed by atoms with E-state index in [0.717, 1.165) is 16.3 Å². The Balaban J connectivity index is 2.10. The minimum Gasteiger partial charge on any atom is -0.412 e. The zero-order valence-electron chi connectivity index (χ0n) is 12.2. The first-order chi connectivity index (χ1) is 10.3. The van der Waals surface area contributed by atoms with Crippen LogP contribution in [0, 0.1) is 0 Å². The predicted molar refractivity (Wildman–Crippen MR) is 82.2 cm³/mol. The van der Waals surface area contributed by atoms with Crippen molar-refractivity contribution in [2.45, 2.75) is 31.0 Å². The van der Waals surface area contributed by atoms with E-state index in [0.29, 0.717) is 12.0 Å². The second-order valence-corrected chi connectivity index (χ2v) is 6.91. The molecule has 0 radical (unpaired) electrons. The minimum absolute atomic E-state index is 0.597. The number of alkyl halides is 1. The maximum absolute atomic E-state index is 12.3. The smallest absolute Gasteiger partial charge is 0.400 e. The fraction of sp³-hybridized carbons (Fsp3) is 0.294. The standard InChI is InChI=1S/C17H14ClNO3/c1-16(2)9-11-8-7-10-5-3-4-6-12(10)13(11)17(18)19(16)14(20)15(21)22-17/h3-8H,9H2,1-2H3. The molecule has 0 aromatic heterocycles. The van der Waals surface area contributed by atoms with Crippen molar-refractivity contribution in [3.8, 4) is 0 Å². The van der Waals surface area contributed by atoms with Crippen LogP contribution in [0.15, 0.2) is 36.4 Å². The summed E-state index contributed by atoms with van der Waals surface area (Å²) in [5.41, 5.74) is 1.10. The Morgan fingerprint density at radius 1 is 1.14 bits per heavy atom. The van der Waals surface area contributed by atoms with Crippen molar-refractivity contribution < 1.29 is 14.3 Å². The number of nitrogens with zero attached hydrogens (tertiary/aromatic N) is 1. The zero-order chi connectivity index (χ0) is 15.7. The molecule has 0 N–H and O–H groups in total. The van der Waals surface area contributed by atoms with Gasteiger partial charge in [0.1, 0.15) is 0 Å². The SMILES string of the molecule is CC1(C)Cc2ccc3ccccc3c2C2(Cl)OC(=O)C(=O)N12. The van der Waals surface area contributed by atoms with Crippen LogP contribution in [0.1, 0.15) is 25.0 Å². The number of carbonyl (C=O) groups excluding carboxylic acids is 2. The Hall–Kier alpha value is -2.07. The third-order valence-corrected chi connectivity index (χ3v) is 4.88. The van der Waals surface area contributed by atoms with E-state index in [9.17, 15) is 9.59 Å². The molecule has 2 aliphatic heterocycles. The average molecular weight is 316 g/mol. The van der Waals surface area contributed by atoms with Crippen molar-refractivity contribution in [3.05, 3.63) is 47.5 Å². The summed E-state index contributed by atoms with van der Waals surface area (Å²) in [6, 6.07) is 11.8. The van der Waals surface area contributed by atoms with Gasteiger partial charge < -0.3 is 4.74 Å². The van der Waals surface area contributed by atoms with Gasteiger partial charge in [-0.1, -0.05) is 36.4 Å². The molecular weight excluding hydrogens is 302 g/mol. The lowest BCUT2D eigenvalue weighted by atomic mass is 9.82. The normalized spacial score (nSPS) is 25.9. The molecule has 1 amide bonds. The van der Waals surface area contributed by atoms with Gasteiger partial charge in [-0.05, 0) is 48.2 Å². The van der Waals surface area contributed by atoms with Crippen LogP contribution < -0.4 is 0 Å². The summed E-state index contributed by atoms with van der Waals surface area (Å²) < 4.78 is 5.34. The topological polar surface area (TPSA) is 46.6 Å². The second-order valence-electron chi connectivity index (χ2n) is 6.40. The number of hydrogen-bond acceptors (Lipinski definition) is 3. The Morgan fingerprint density at radius 2 is 1.86 bits per heavy atom. The van der Waals surface area contributed by atoms with E-state index in [1.54, 1.807) is 0 Å². The van der Waals surface area contributed by atoms with Gasteiger partial charge in [0.2, 0.25) is 0 Å². The summed E-state index contributed by atoms with van der Waals surface area (Å²) in [6.07, 6.45) is 0.615. The Kier molecular flexibility index (Phi) is 2.48. The van der Waals surface area contributed by atoms with Crippen molar-refractivity contribution in [2.75, 3.05) is 0 Å². The lowest BCUT2D eigenvalue weighted by Crippen LogP contribution is -2.57. The highest BCUT2D eigenvalue weighted by atomic mass is 35.5. The van der Waals surface area contributed by atoms with E-state index in [1.807, 2.05) is 50.2 Å². The highest BCUT2D eigenvalue weighted by Gasteiger charge is 2.62. The molecule has 5 heteroatoms. The number of carbonyl (C=O) groups is 2. The molecule has 2 aromatic rings. The lowest BCUT2D eigenvalue weighted by Gasteiger charge is -2.47. The Labute approximate surface area is 132 Å². The van der Waals surface area contributed by atoms with E-state index in [4.69, 9.17) is 16.3 Å². The van der Waals surface area contributed by atoms with Crippen molar-refractivity contribution in [2.24, 2.45) is 0 Å². The summed E-state index contributed by atoms with van der Waals surface area (Å²) in [4.78, 5) is 25.5. The average Bonchev–Trinajstić information content (AvgIpc) is 2.69. The van der Waals surface area contributed by atoms with Gasteiger partial charge in [-0.2, -0.15) is 0 Å². The monoisotopic (exact) mass is 315 g/mol. The molecule has 0 aliphatic carbocycles. The van der Waals surface area contributed by atoms with Crippen LogP contribution in [0.4, 0.5) is 0 Å². The molecule has 1 fully saturated rings. The maximum Gasteiger partial charge on any atom is 0.400 e. The molecule has 1 unspecified atom stereocenters. The third kappa shape index (κ3) is 1.53. The van der Waals surface area contributed by atoms with E-state index < -0.39 is 22.6 Å². The van der Waals surface area contributed by atoms with Crippen molar-refractivity contribution in [3.63, 3.8) is 0 Å². The largest absolute Gasteiger partial charge is 0.412 e. The molecule has 4 rings (SSSR count). The molecule has 0 bridgehead atoms. The summed E-state index contributed by atoms with van der Waals surface area (Å²) in [5, 5.41) is 0.334. The van der Waals surface area contributed by atoms with Gasteiger partial charge in [-0.3, -0.25) is 9.69 Å². The molecule has 2 aliphatic rings. The summed E-state index contributed by atoms with van der Waals surface area (Å²) >= 11 is 6.72. The van der Waals surface area contributed by atoms with Crippen LogP contribution in [0.5, 0.6) is 0 Å². The molecule has 22 heavy (non-hydrogen) atoms. The molecule has 0 spiro atoms. The number of ether oxygens (including phenoxy) is 1. The van der Waals surface area contributed by atoms with Crippen LogP contribution in [-0.2, 0) is 25.9 Å². The zero-order valence-corrected chi connectivity index (χ0v) is 13.0. The summed E-state index contributed by atoms with van der Waals surface area (Å²) in [7, 11) is 0. The van der Waals surface area contributed by atoms with E-state index in [-0.39, 0.29) is 0 Å². The highest BCUT2D eigenvalue weighted by molar-refractivity contribution is 6.39. The van der Waals surface area contributed by atoms with E-state index in [2.05, 4.69) is 0 Å². The summed E-state index contributed by atoms with van der Waals surface area (Å²) in [5.74, 6) is -1.58. The Morgan fingerprint density at radius 3 is 2.64 bits per heavy atom. The number of rotatable bonds is 0. The van der Waals surface area contributed by atoms with Gasteiger partial charge in [0.25, 0.3) is 5.18 Å². The van der Waals surface area contributed by atoms with Gasteiger partial charge in [0, 0.05) is 11.1 Å². The van der Waals surface area contributed by atoms with Crippen LogP contribution >= 0.6 is 11.6 Å². The Bertz CT molecular complexity index is 845. The first-order valence-electron chi connectivity index (χ1n) is 7.12. The van der Waals surface area contributed by atoms with Crippen molar-refractivity contribution in [1.82, 2.24) is 4.90 Å². The number of halogens is 1. The third-order valence-electron chi connectivity index (χ3n) is 4.45. The second kappa shape index (κ2) is 4.02.